The Morgan fingerprint density at radius 3 is 2.55 bits per heavy atom. The molecule has 5 aromatic rings. The van der Waals surface area contributed by atoms with Crippen molar-refractivity contribution in [3.8, 4) is 11.1 Å². The molecule has 2 heterocycles. The normalized spacial score (nSPS) is 11.2. The summed E-state index contributed by atoms with van der Waals surface area (Å²) in [7, 11) is 0. The number of nitrogen functional groups attached to an aromatic ring is 1. The van der Waals surface area contributed by atoms with E-state index in [1.54, 1.807) is 41.0 Å². The molecule has 0 atom stereocenters. The summed E-state index contributed by atoms with van der Waals surface area (Å²) in [5.41, 5.74) is 11.8. The molecule has 0 spiro atoms. The van der Waals surface area contributed by atoms with Crippen LogP contribution in [-0.4, -0.2) is 30.7 Å². The minimum Gasteiger partial charge on any atom is -0.477 e. The summed E-state index contributed by atoms with van der Waals surface area (Å²) in [6.45, 7) is 0.349. The molecule has 0 saturated heterocycles. The first-order valence-corrected chi connectivity index (χ1v) is 10.2. The van der Waals surface area contributed by atoms with Gasteiger partial charge in [0, 0.05) is 34.3 Å². The van der Waals surface area contributed by atoms with Crippen molar-refractivity contribution in [1.29, 1.82) is 0 Å². The first-order valence-electron chi connectivity index (χ1n) is 9.47. The molecule has 0 fully saturated rings. The average molecular weight is 428 g/mol. The Balaban J connectivity index is 1.76. The summed E-state index contributed by atoms with van der Waals surface area (Å²) < 4.78 is 10.3. The molecule has 7 nitrogen and oxygen atoms in total. The van der Waals surface area contributed by atoms with Crippen molar-refractivity contribution < 1.29 is 14.7 Å². The van der Waals surface area contributed by atoms with E-state index in [-0.39, 0.29) is 5.69 Å². The van der Waals surface area contributed by atoms with E-state index in [1.165, 1.54) is 0 Å². The molecule has 0 aliphatic carbocycles. The summed E-state index contributed by atoms with van der Waals surface area (Å²) in [6, 6.07) is 18.0. The van der Waals surface area contributed by atoms with Gasteiger partial charge in [-0.25, -0.2) is 4.79 Å². The van der Waals surface area contributed by atoms with E-state index in [0.717, 1.165) is 45.5 Å². The van der Waals surface area contributed by atoms with Gasteiger partial charge >= 0.3 is 5.97 Å². The van der Waals surface area contributed by atoms with Crippen LogP contribution < -0.4 is 5.73 Å². The highest BCUT2D eigenvalue weighted by molar-refractivity contribution is 7.00. The molecule has 0 amide bonds. The summed E-state index contributed by atoms with van der Waals surface area (Å²) in [6.07, 6.45) is 0.757. The molecule has 31 heavy (non-hydrogen) atoms. The van der Waals surface area contributed by atoms with Gasteiger partial charge in [-0.05, 0) is 41.5 Å². The topological polar surface area (TPSA) is 111 Å². The molecular weight excluding hydrogens is 412 g/mol. The number of nitrogens with two attached hydrogens (primary N) is 1. The van der Waals surface area contributed by atoms with Crippen LogP contribution in [0.1, 0.15) is 26.4 Å². The van der Waals surface area contributed by atoms with E-state index in [0.29, 0.717) is 28.9 Å². The number of nitrogens with zero attached hydrogens (tertiary/aromatic N) is 3. The number of hydrogen-bond donors (Lipinski definition) is 2. The summed E-state index contributed by atoms with van der Waals surface area (Å²) in [5, 5.41) is 10.9. The van der Waals surface area contributed by atoms with Gasteiger partial charge < -0.3 is 15.4 Å². The highest BCUT2D eigenvalue weighted by Gasteiger charge is 2.24. The first kappa shape index (κ1) is 19.0. The van der Waals surface area contributed by atoms with Gasteiger partial charge in [0.05, 0.1) is 11.7 Å². The molecule has 0 saturated carbocycles. The van der Waals surface area contributed by atoms with E-state index >= 15 is 0 Å². The first-order chi connectivity index (χ1) is 15.0. The second-order valence-electron chi connectivity index (χ2n) is 7.22. The second kappa shape index (κ2) is 7.33. The van der Waals surface area contributed by atoms with Gasteiger partial charge in [0.25, 0.3) is 0 Å². The van der Waals surface area contributed by atoms with Crippen LogP contribution in [-0.2, 0) is 6.54 Å². The van der Waals surface area contributed by atoms with Crippen LogP contribution in [0, 0.1) is 0 Å². The van der Waals surface area contributed by atoms with Crippen molar-refractivity contribution in [2.45, 2.75) is 6.54 Å². The van der Waals surface area contributed by atoms with Gasteiger partial charge in [-0.2, -0.15) is 8.75 Å². The van der Waals surface area contributed by atoms with E-state index in [9.17, 15) is 14.7 Å². The lowest BCUT2D eigenvalue weighted by Crippen LogP contribution is -2.10. The zero-order chi connectivity index (χ0) is 21.5. The highest BCUT2D eigenvalue weighted by atomic mass is 32.1. The summed E-state index contributed by atoms with van der Waals surface area (Å²) >= 11 is 1.14. The average Bonchev–Trinajstić information content (AvgIpc) is 3.36. The lowest BCUT2D eigenvalue weighted by atomic mass is 10.0. The second-order valence-corrected chi connectivity index (χ2v) is 7.75. The molecule has 152 valence electrons. The Morgan fingerprint density at radius 2 is 1.81 bits per heavy atom. The largest absolute Gasteiger partial charge is 0.477 e. The van der Waals surface area contributed by atoms with Crippen LogP contribution in [0.15, 0.2) is 60.7 Å². The lowest BCUT2D eigenvalue weighted by Gasteiger charge is -2.10. The fraction of sp³-hybridized carbons (Fsp3) is 0.0435. The van der Waals surface area contributed by atoms with Gasteiger partial charge in [-0.15, -0.1) is 0 Å². The SMILES string of the molecule is Nc1ccc2c(c1)c(-c1ccc(C=O)cc1)c(C(=O)O)n2Cc1ccc2nsnc2c1. The maximum atomic E-state index is 12.4. The van der Waals surface area contributed by atoms with Gasteiger partial charge in [0.15, 0.2) is 0 Å². The van der Waals surface area contributed by atoms with Crippen molar-refractivity contribution in [2.24, 2.45) is 0 Å². The number of anilines is 1. The van der Waals surface area contributed by atoms with Crippen LogP contribution in [0.25, 0.3) is 33.1 Å². The number of hydrogen-bond acceptors (Lipinski definition) is 6. The third-order valence-electron chi connectivity index (χ3n) is 5.28. The summed E-state index contributed by atoms with van der Waals surface area (Å²) in [4.78, 5) is 23.5. The molecule has 0 bridgehead atoms. The number of carboxylic acid groups (broad SMARTS) is 1. The van der Waals surface area contributed by atoms with Gasteiger partial charge in [-0.1, -0.05) is 30.3 Å². The lowest BCUT2D eigenvalue weighted by molar-refractivity contribution is 0.0687. The van der Waals surface area contributed by atoms with E-state index in [1.807, 2.05) is 24.3 Å². The van der Waals surface area contributed by atoms with E-state index in [2.05, 4.69) is 8.75 Å². The fourth-order valence-corrected chi connectivity index (χ4v) is 4.41. The molecule has 2 aromatic heterocycles. The van der Waals surface area contributed by atoms with Gasteiger partial charge in [-0.3, -0.25) is 4.79 Å². The predicted octanol–water partition coefficient (Wildman–Crippen LogP) is 4.45. The molecule has 0 unspecified atom stereocenters. The Labute approximate surface area is 180 Å². The molecule has 0 aliphatic rings. The molecule has 0 radical (unpaired) electrons. The van der Waals surface area contributed by atoms with Crippen LogP contribution in [0.4, 0.5) is 5.69 Å². The predicted molar refractivity (Wildman–Crippen MR) is 121 cm³/mol. The van der Waals surface area contributed by atoms with Crippen LogP contribution in [0.5, 0.6) is 0 Å². The number of aromatic nitrogens is 3. The minimum atomic E-state index is -1.04. The van der Waals surface area contributed by atoms with Crippen LogP contribution in [0.3, 0.4) is 0 Å². The van der Waals surface area contributed by atoms with Gasteiger partial charge in [0.1, 0.15) is 23.0 Å². The minimum absolute atomic E-state index is 0.163. The molecular formula is C23H16N4O3S. The number of aromatic carboxylic acids is 1. The van der Waals surface area contributed by atoms with Crippen molar-refractivity contribution in [3.05, 3.63) is 77.5 Å². The number of carboxylic acids is 1. The van der Waals surface area contributed by atoms with Gasteiger partial charge in [0.2, 0.25) is 0 Å². The molecule has 5 rings (SSSR count). The van der Waals surface area contributed by atoms with Crippen molar-refractivity contribution in [2.75, 3.05) is 5.73 Å². The van der Waals surface area contributed by atoms with Crippen LogP contribution in [0.2, 0.25) is 0 Å². The third kappa shape index (κ3) is 3.23. The Kier molecular flexibility index (Phi) is 4.48. The fourth-order valence-electron chi connectivity index (χ4n) is 3.89. The molecule has 0 aliphatic heterocycles. The van der Waals surface area contributed by atoms with Crippen molar-refractivity contribution >= 4 is 51.6 Å². The zero-order valence-corrected chi connectivity index (χ0v) is 17.0. The number of rotatable bonds is 5. The number of carbonyl (C=O) groups is 2. The molecule has 3 aromatic carbocycles. The Morgan fingerprint density at radius 1 is 1.03 bits per heavy atom. The quantitative estimate of drug-likeness (QED) is 0.316. The maximum absolute atomic E-state index is 12.4. The van der Waals surface area contributed by atoms with E-state index in [4.69, 9.17) is 5.73 Å². The van der Waals surface area contributed by atoms with E-state index < -0.39 is 5.97 Å². The third-order valence-corrected chi connectivity index (χ3v) is 5.84. The number of aldehydes is 1. The highest BCUT2D eigenvalue weighted by Crippen LogP contribution is 2.37. The molecule has 3 N–H and O–H groups in total. The number of benzene rings is 3. The zero-order valence-electron chi connectivity index (χ0n) is 16.1. The Bertz CT molecular complexity index is 1470. The Hall–Kier alpha value is -4.04. The van der Waals surface area contributed by atoms with Crippen molar-refractivity contribution in [1.82, 2.24) is 13.3 Å². The van der Waals surface area contributed by atoms with Crippen molar-refractivity contribution in [3.63, 3.8) is 0 Å². The standard InChI is InChI=1S/C23H16N4O3S/c24-16-6-8-20-17(10-16)21(15-4-1-13(12-28)2-5-15)22(23(29)30)27(20)11-14-3-7-18-19(9-14)26-31-25-18/h1-10,12H,11,24H2,(H,29,30). The number of carbonyl (C=O) groups excluding carboxylic acids is 1. The van der Waals surface area contributed by atoms with Crippen LogP contribution >= 0.6 is 11.7 Å². The monoisotopic (exact) mass is 428 g/mol. The smallest absolute Gasteiger partial charge is 0.353 e. The maximum Gasteiger partial charge on any atom is 0.353 e. The number of fused-ring (bicyclic) bond motifs is 2. The molecule has 8 heteroatoms. The summed E-state index contributed by atoms with van der Waals surface area (Å²) in [5.74, 6) is -1.04.